The quantitative estimate of drug-likeness (QED) is 0.197. The Labute approximate surface area is 213 Å². The molecule has 1 aromatic heterocycles. The third-order valence-corrected chi connectivity index (χ3v) is 7.10. The van der Waals surface area contributed by atoms with Crippen LogP contribution < -0.4 is 4.90 Å². The molecule has 0 spiro atoms. The zero-order valence-electron chi connectivity index (χ0n) is 20.6. The van der Waals surface area contributed by atoms with E-state index in [0.717, 1.165) is 78.2 Å². The fourth-order valence-electron chi connectivity index (χ4n) is 4.91. The summed E-state index contributed by atoms with van der Waals surface area (Å²) in [6.45, 7) is 10.3. The molecule has 0 N–H and O–H groups in total. The van der Waals surface area contributed by atoms with Gasteiger partial charge in [-0.2, -0.15) is 0 Å². The van der Waals surface area contributed by atoms with Crippen LogP contribution in [0.4, 0.5) is 5.69 Å². The van der Waals surface area contributed by atoms with E-state index in [2.05, 4.69) is 61.7 Å². The van der Waals surface area contributed by atoms with Gasteiger partial charge in [-0.3, -0.25) is 0 Å². The Bertz CT molecular complexity index is 1370. The minimum Gasteiger partial charge on any atom is -0.367 e. The number of aryl methyl sites for hydroxylation is 2. The third-order valence-electron chi connectivity index (χ3n) is 6.84. The Morgan fingerprint density at radius 3 is 2.57 bits per heavy atom. The van der Waals surface area contributed by atoms with Crippen molar-refractivity contribution >= 4 is 28.3 Å². The number of benzene rings is 3. The van der Waals surface area contributed by atoms with Gasteiger partial charge in [0.2, 0.25) is 0 Å². The summed E-state index contributed by atoms with van der Waals surface area (Å²) >= 11 is 6.15. The maximum absolute atomic E-state index is 6.15. The lowest BCUT2D eigenvalue weighted by Crippen LogP contribution is -2.30. The molecule has 178 valence electrons. The number of allylic oxidation sites excluding steroid dienone is 1. The van der Waals surface area contributed by atoms with Gasteiger partial charge in [0.25, 0.3) is 0 Å². The van der Waals surface area contributed by atoms with Crippen LogP contribution in [0.5, 0.6) is 0 Å². The number of rotatable bonds is 7. The van der Waals surface area contributed by atoms with Gasteiger partial charge in [0.15, 0.2) is 0 Å². The molecule has 0 bridgehead atoms. The largest absolute Gasteiger partial charge is 0.367 e. The molecule has 4 aromatic rings. The van der Waals surface area contributed by atoms with Crippen LogP contribution in [0.15, 0.2) is 72.8 Å². The Hall–Kier alpha value is -3.17. The van der Waals surface area contributed by atoms with Gasteiger partial charge in [-0.05, 0) is 87.4 Å². The van der Waals surface area contributed by atoms with Crippen LogP contribution in [0.1, 0.15) is 48.6 Å². The normalized spacial score (nSPS) is 13.2. The first kappa shape index (κ1) is 23.6. The predicted molar refractivity (Wildman–Crippen MR) is 148 cm³/mol. The van der Waals surface area contributed by atoms with E-state index >= 15 is 0 Å². The molecule has 0 unspecified atom stereocenters. The maximum atomic E-state index is 6.15. The summed E-state index contributed by atoms with van der Waals surface area (Å²) in [6.07, 6.45) is 5.20. The second kappa shape index (κ2) is 10.2. The summed E-state index contributed by atoms with van der Waals surface area (Å²) < 4.78 is 0. The lowest BCUT2D eigenvalue weighted by molar-refractivity contribution is 0.720. The van der Waals surface area contributed by atoms with E-state index < -0.39 is 0 Å². The molecule has 0 amide bonds. The SMILES string of the molecule is C=C(C)CCCCc1nc2cc(N3CCc4cc(C)ccc4C3)ccc2nc1-c1ccc(Cl)cc1. The highest BCUT2D eigenvalue weighted by atomic mass is 35.5. The molecule has 1 aliphatic rings. The number of aromatic nitrogens is 2. The van der Waals surface area contributed by atoms with Gasteiger partial charge in [0.05, 0.1) is 22.4 Å². The molecule has 3 nitrogen and oxygen atoms in total. The molecule has 35 heavy (non-hydrogen) atoms. The average Bonchev–Trinajstić information content (AvgIpc) is 2.86. The smallest absolute Gasteiger partial charge is 0.0925 e. The van der Waals surface area contributed by atoms with Crippen molar-refractivity contribution in [1.29, 1.82) is 0 Å². The molecule has 0 fully saturated rings. The van der Waals surface area contributed by atoms with E-state index in [1.165, 1.54) is 28.0 Å². The van der Waals surface area contributed by atoms with Crippen molar-refractivity contribution in [2.75, 3.05) is 11.4 Å². The van der Waals surface area contributed by atoms with Crippen molar-refractivity contribution in [3.8, 4) is 11.3 Å². The van der Waals surface area contributed by atoms with Gasteiger partial charge in [0.1, 0.15) is 0 Å². The Kier molecular flexibility index (Phi) is 6.88. The summed E-state index contributed by atoms with van der Waals surface area (Å²) in [4.78, 5) is 12.7. The summed E-state index contributed by atoms with van der Waals surface area (Å²) in [6, 6.07) is 21.3. The predicted octanol–water partition coefficient (Wildman–Crippen LogP) is 8.11. The zero-order valence-corrected chi connectivity index (χ0v) is 21.4. The lowest BCUT2D eigenvalue weighted by Gasteiger charge is -2.31. The first-order valence-corrected chi connectivity index (χ1v) is 12.9. The molecule has 0 saturated carbocycles. The Balaban J connectivity index is 1.47. The van der Waals surface area contributed by atoms with Crippen LogP contribution in [0, 0.1) is 6.92 Å². The fraction of sp³-hybridized carbons (Fsp3) is 0.290. The van der Waals surface area contributed by atoms with E-state index in [4.69, 9.17) is 21.6 Å². The molecule has 2 heterocycles. The lowest BCUT2D eigenvalue weighted by atomic mass is 9.97. The van der Waals surface area contributed by atoms with Gasteiger partial charge >= 0.3 is 0 Å². The highest BCUT2D eigenvalue weighted by Gasteiger charge is 2.18. The monoisotopic (exact) mass is 481 g/mol. The fourth-order valence-corrected chi connectivity index (χ4v) is 5.04. The number of hydrogen-bond acceptors (Lipinski definition) is 3. The van der Waals surface area contributed by atoms with Crippen LogP contribution >= 0.6 is 11.6 Å². The van der Waals surface area contributed by atoms with Crippen LogP contribution in [-0.4, -0.2) is 16.5 Å². The van der Waals surface area contributed by atoms with Crippen LogP contribution in [-0.2, 0) is 19.4 Å². The second-order valence-electron chi connectivity index (χ2n) is 9.81. The van der Waals surface area contributed by atoms with Crippen molar-refractivity contribution in [1.82, 2.24) is 9.97 Å². The van der Waals surface area contributed by atoms with Crippen molar-refractivity contribution in [3.05, 3.63) is 100 Å². The third kappa shape index (κ3) is 5.41. The molecule has 0 radical (unpaired) electrons. The van der Waals surface area contributed by atoms with Gasteiger partial charge in [-0.15, -0.1) is 6.58 Å². The molecule has 0 aliphatic carbocycles. The number of nitrogens with zero attached hydrogens (tertiary/aromatic N) is 3. The Morgan fingerprint density at radius 2 is 1.77 bits per heavy atom. The molecule has 0 atom stereocenters. The van der Waals surface area contributed by atoms with E-state index in [9.17, 15) is 0 Å². The highest BCUT2D eigenvalue weighted by Crippen LogP contribution is 2.30. The summed E-state index contributed by atoms with van der Waals surface area (Å²) in [5, 5.41) is 0.730. The van der Waals surface area contributed by atoms with Crippen molar-refractivity contribution in [2.24, 2.45) is 0 Å². The number of anilines is 1. The molecule has 3 aromatic carbocycles. The number of unbranched alkanes of at least 4 members (excludes halogenated alkanes) is 1. The van der Waals surface area contributed by atoms with E-state index in [1.54, 1.807) is 0 Å². The van der Waals surface area contributed by atoms with Gasteiger partial charge < -0.3 is 4.90 Å². The molecular formula is C31H32ClN3. The second-order valence-corrected chi connectivity index (χ2v) is 10.2. The average molecular weight is 482 g/mol. The van der Waals surface area contributed by atoms with Crippen molar-refractivity contribution in [2.45, 2.75) is 52.5 Å². The number of hydrogen-bond donors (Lipinski definition) is 0. The standard InChI is InChI=1S/C31H32ClN3/c1-21(2)6-4-5-7-29-31(23-10-12-26(32)13-11-23)34-28-15-14-27(19-30(28)33-29)35-17-16-24-18-22(3)8-9-25(24)20-35/h8-15,18-19H,1,4-7,16-17,20H2,2-3H3. The van der Waals surface area contributed by atoms with Gasteiger partial charge in [-0.25, -0.2) is 9.97 Å². The Morgan fingerprint density at radius 1 is 0.943 bits per heavy atom. The van der Waals surface area contributed by atoms with Crippen LogP contribution in [0.2, 0.25) is 5.02 Å². The number of halogens is 1. The summed E-state index contributed by atoms with van der Waals surface area (Å²) in [7, 11) is 0. The van der Waals surface area contributed by atoms with Crippen LogP contribution in [0.25, 0.3) is 22.3 Å². The molecule has 4 heteroatoms. The topological polar surface area (TPSA) is 29.0 Å². The first-order chi connectivity index (χ1) is 17.0. The van der Waals surface area contributed by atoms with E-state index in [1.807, 2.05) is 24.3 Å². The van der Waals surface area contributed by atoms with Crippen LogP contribution in [0.3, 0.4) is 0 Å². The first-order valence-electron chi connectivity index (χ1n) is 12.5. The van der Waals surface area contributed by atoms with Crippen molar-refractivity contribution in [3.63, 3.8) is 0 Å². The van der Waals surface area contributed by atoms with Gasteiger partial charge in [-0.1, -0.05) is 53.1 Å². The van der Waals surface area contributed by atoms with Gasteiger partial charge in [0, 0.05) is 29.4 Å². The molecule has 1 aliphatic heterocycles. The van der Waals surface area contributed by atoms with E-state index in [0.29, 0.717) is 0 Å². The minimum atomic E-state index is 0.730. The molecule has 5 rings (SSSR count). The highest BCUT2D eigenvalue weighted by molar-refractivity contribution is 6.30. The molecular weight excluding hydrogens is 450 g/mol. The maximum Gasteiger partial charge on any atom is 0.0925 e. The van der Waals surface area contributed by atoms with Crippen molar-refractivity contribution < 1.29 is 0 Å². The number of fused-ring (bicyclic) bond motifs is 2. The van der Waals surface area contributed by atoms with E-state index in [-0.39, 0.29) is 0 Å². The summed E-state index contributed by atoms with van der Waals surface area (Å²) in [5.41, 5.74) is 11.6. The summed E-state index contributed by atoms with van der Waals surface area (Å²) in [5.74, 6) is 0. The zero-order chi connectivity index (χ0) is 24.4. The minimum absolute atomic E-state index is 0.730. The molecule has 0 saturated heterocycles.